The van der Waals surface area contributed by atoms with E-state index in [1.54, 1.807) is 0 Å². The van der Waals surface area contributed by atoms with Crippen LogP contribution in [0.15, 0.2) is 170 Å². The zero-order chi connectivity index (χ0) is 40.4. The van der Waals surface area contributed by atoms with Crippen molar-refractivity contribution < 1.29 is 0 Å². The average Bonchev–Trinajstić information content (AvgIpc) is 3.50. The molecule has 1 heterocycles. The zero-order valence-corrected chi connectivity index (χ0v) is 35.2. The molecule has 58 heavy (non-hydrogen) atoms. The molecule has 0 aliphatic heterocycles. The molecule has 0 saturated heterocycles. The molecule has 1 heteroatoms. The molecule has 2 aliphatic carbocycles. The normalized spacial score (nSPS) is 14.7. The highest BCUT2D eigenvalue weighted by Crippen LogP contribution is 2.53. The summed E-state index contributed by atoms with van der Waals surface area (Å²) in [4.78, 5) is 4.63. The summed E-state index contributed by atoms with van der Waals surface area (Å²) in [5.41, 5.74) is 20.1. The van der Waals surface area contributed by atoms with Gasteiger partial charge in [0.25, 0.3) is 0 Å². The van der Waals surface area contributed by atoms with Crippen LogP contribution in [0.5, 0.6) is 0 Å². The van der Waals surface area contributed by atoms with E-state index in [1.165, 1.54) is 83.1 Å². The number of hydrogen-bond acceptors (Lipinski definition) is 1. The van der Waals surface area contributed by atoms with E-state index in [2.05, 4.69) is 179 Å². The first-order valence-corrected chi connectivity index (χ1v) is 21.2. The predicted octanol–water partition coefficient (Wildman–Crippen LogP) is 15.6. The molecule has 10 rings (SSSR count). The van der Waals surface area contributed by atoms with Crippen molar-refractivity contribution in [1.29, 1.82) is 0 Å². The van der Waals surface area contributed by atoms with E-state index in [1.807, 2.05) is 44.3 Å². The number of fused-ring (bicyclic) bond motifs is 8. The Hall–Kier alpha value is -6.05. The van der Waals surface area contributed by atoms with Crippen molar-refractivity contribution >= 4 is 10.8 Å². The molecule has 0 spiro atoms. The van der Waals surface area contributed by atoms with Gasteiger partial charge >= 0.3 is 0 Å². The van der Waals surface area contributed by atoms with Crippen LogP contribution in [-0.4, -0.2) is 4.98 Å². The van der Waals surface area contributed by atoms with Crippen LogP contribution in [0.25, 0.3) is 55.4 Å². The summed E-state index contributed by atoms with van der Waals surface area (Å²) in [5.74, 6) is 0.965. The van der Waals surface area contributed by atoms with Crippen LogP contribution in [0.3, 0.4) is 0 Å². The largest absolute Gasteiger partial charge is 0.256 e. The van der Waals surface area contributed by atoms with E-state index >= 15 is 0 Å². The second-order valence-electron chi connectivity index (χ2n) is 16.6. The van der Waals surface area contributed by atoms with Gasteiger partial charge in [-0.2, -0.15) is 0 Å². The molecular weight excluding hydrogens is 699 g/mol. The highest BCUT2D eigenvalue weighted by Gasteiger charge is 2.37. The van der Waals surface area contributed by atoms with Crippen molar-refractivity contribution in [2.45, 2.75) is 78.6 Å². The molecule has 288 valence electrons. The molecule has 1 aromatic heterocycles. The first kappa shape index (κ1) is 38.8. The highest BCUT2D eigenvalue weighted by molar-refractivity contribution is 6.09. The fourth-order valence-corrected chi connectivity index (χ4v) is 9.32. The Labute approximate surface area is 346 Å². The number of pyridine rings is 1. The lowest BCUT2D eigenvalue weighted by molar-refractivity contribution is 0.658. The maximum absolute atomic E-state index is 4.63. The SMILES string of the molecule is CC.CC(Cc1ccc2c(c1)C(C)(C)c1cc(-c3cccc(-c4ccccn4)c3)c3ccccc3c1-2)c1ccc2c(c1)C(C)Cc1ccccc1-2.Cc1ccccc1. The summed E-state index contributed by atoms with van der Waals surface area (Å²) in [6.45, 7) is 15.7. The van der Waals surface area contributed by atoms with Crippen molar-refractivity contribution in [2.75, 3.05) is 0 Å². The molecule has 0 radical (unpaired) electrons. The summed E-state index contributed by atoms with van der Waals surface area (Å²) >= 11 is 0. The highest BCUT2D eigenvalue weighted by atomic mass is 14.7. The molecule has 0 amide bonds. The molecule has 0 fully saturated rings. The monoisotopic (exact) mass is 753 g/mol. The lowest BCUT2D eigenvalue weighted by Crippen LogP contribution is -2.15. The van der Waals surface area contributed by atoms with Gasteiger partial charge < -0.3 is 0 Å². The zero-order valence-electron chi connectivity index (χ0n) is 35.2. The van der Waals surface area contributed by atoms with Crippen LogP contribution in [-0.2, 0) is 18.3 Å². The quantitative estimate of drug-likeness (QED) is 0.171. The first-order chi connectivity index (χ1) is 28.3. The molecule has 0 bridgehead atoms. The Kier molecular flexibility index (Phi) is 11.0. The number of benzene rings is 7. The van der Waals surface area contributed by atoms with Crippen molar-refractivity contribution in [1.82, 2.24) is 4.98 Å². The summed E-state index contributed by atoms with van der Waals surface area (Å²) in [6.07, 6.45) is 4.01. The fourth-order valence-electron chi connectivity index (χ4n) is 9.32. The summed E-state index contributed by atoms with van der Waals surface area (Å²) in [7, 11) is 0. The molecule has 8 aromatic rings. The first-order valence-electron chi connectivity index (χ1n) is 21.2. The number of aromatic nitrogens is 1. The molecule has 0 saturated carbocycles. The van der Waals surface area contributed by atoms with E-state index in [0.29, 0.717) is 11.8 Å². The van der Waals surface area contributed by atoms with Gasteiger partial charge in [-0.3, -0.25) is 4.98 Å². The van der Waals surface area contributed by atoms with Gasteiger partial charge in [-0.25, -0.2) is 0 Å². The maximum Gasteiger partial charge on any atom is 0.0702 e. The minimum absolute atomic E-state index is 0.115. The van der Waals surface area contributed by atoms with E-state index in [9.17, 15) is 0 Å². The standard InChI is InChI=1S/C48H41N.C7H8.C2H6/c1-30(33-20-22-39-37-15-6-5-12-34(37)25-31(2)42(39)28-33)24-32-19-21-41-44(26-32)48(3,4)45-29-43(38-16-7-8-17-40(38)47(41)45)35-13-11-14-36(27-35)46-18-9-10-23-49-46;1-7-5-3-2-4-6-7;1-2/h5-23,26-31H,24-25H2,1-4H3;2-6H,1H3;1-2H3. The summed E-state index contributed by atoms with van der Waals surface area (Å²) < 4.78 is 0. The van der Waals surface area contributed by atoms with Gasteiger partial charge in [-0.05, 0) is 133 Å². The Morgan fingerprint density at radius 3 is 2.07 bits per heavy atom. The van der Waals surface area contributed by atoms with Gasteiger partial charge in [-0.1, -0.05) is 187 Å². The molecular formula is C57H55N. The molecule has 1 nitrogen and oxygen atoms in total. The van der Waals surface area contributed by atoms with Gasteiger partial charge in [0.15, 0.2) is 0 Å². The van der Waals surface area contributed by atoms with Crippen molar-refractivity contribution in [3.63, 3.8) is 0 Å². The summed E-state index contributed by atoms with van der Waals surface area (Å²) in [5, 5.41) is 2.63. The Bertz CT molecular complexity index is 2700. The van der Waals surface area contributed by atoms with E-state index in [0.717, 1.165) is 24.1 Å². The van der Waals surface area contributed by atoms with E-state index in [-0.39, 0.29) is 5.41 Å². The third-order valence-electron chi connectivity index (χ3n) is 12.4. The Morgan fingerprint density at radius 1 is 0.603 bits per heavy atom. The topological polar surface area (TPSA) is 12.9 Å². The van der Waals surface area contributed by atoms with Crippen molar-refractivity contribution in [3.05, 3.63) is 209 Å². The Balaban J connectivity index is 0.000000469. The van der Waals surface area contributed by atoms with Crippen LogP contribution in [0.4, 0.5) is 0 Å². The van der Waals surface area contributed by atoms with Gasteiger partial charge in [0.1, 0.15) is 0 Å². The van der Waals surface area contributed by atoms with Crippen LogP contribution in [0.1, 0.15) is 92.3 Å². The predicted molar refractivity (Wildman–Crippen MR) is 249 cm³/mol. The molecule has 2 unspecified atom stereocenters. The van der Waals surface area contributed by atoms with Crippen LogP contribution >= 0.6 is 0 Å². The number of rotatable bonds is 5. The van der Waals surface area contributed by atoms with Gasteiger partial charge in [0.05, 0.1) is 5.69 Å². The van der Waals surface area contributed by atoms with E-state index < -0.39 is 0 Å². The third-order valence-corrected chi connectivity index (χ3v) is 12.4. The maximum atomic E-state index is 4.63. The van der Waals surface area contributed by atoms with Crippen LogP contribution in [0, 0.1) is 6.92 Å². The minimum atomic E-state index is -0.115. The van der Waals surface area contributed by atoms with Crippen LogP contribution in [0.2, 0.25) is 0 Å². The van der Waals surface area contributed by atoms with Gasteiger partial charge in [0.2, 0.25) is 0 Å². The molecule has 2 atom stereocenters. The molecule has 0 N–H and O–H groups in total. The third kappa shape index (κ3) is 7.31. The average molecular weight is 754 g/mol. The lowest BCUT2D eigenvalue weighted by Gasteiger charge is -2.27. The van der Waals surface area contributed by atoms with Crippen molar-refractivity contribution in [3.8, 4) is 44.6 Å². The number of nitrogens with zero attached hydrogens (tertiary/aromatic N) is 1. The van der Waals surface area contributed by atoms with E-state index in [4.69, 9.17) is 0 Å². The smallest absolute Gasteiger partial charge is 0.0702 e. The second-order valence-corrected chi connectivity index (χ2v) is 16.6. The Morgan fingerprint density at radius 2 is 1.31 bits per heavy atom. The number of hydrogen-bond donors (Lipinski definition) is 0. The summed E-state index contributed by atoms with van der Waals surface area (Å²) in [6, 6.07) is 60.2. The molecule has 7 aromatic carbocycles. The second kappa shape index (κ2) is 16.4. The molecule has 2 aliphatic rings. The van der Waals surface area contributed by atoms with Gasteiger partial charge in [0, 0.05) is 17.2 Å². The van der Waals surface area contributed by atoms with Gasteiger partial charge in [-0.15, -0.1) is 0 Å². The lowest BCUT2D eigenvalue weighted by atomic mass is 9.77. The fraction of sp³-hybridized carbons (Fsp3) is 0.211. The number of aryl methyl sites for hydroxylation is 1. The van der Waals surface area contributed by atoms with Crippen LogP contribution < -0.4 is 0 Å². The minimum Gasteiger partial charge on any atom is -0.256 e. The van der Waals surface area contributed by atoms with Crippen molar-refractivity contribution in [2.24, 2.45) is 0 Å².